The molecule has 0 amide bonds. The molecule has 0 saturated carbocycles. The highest BCUT2D eigenvalue weighted by Crippen LogP contribution is 2.26. The summed E-state index contributed by atoms with van der Waals surface area (Å²) in [4.78, 5) is 11.5. The number of carbonyl (C=O) groups excluding carboxylic acids is 1. The molecule has 0 fully saturated rings. The molecule has 22 heavy (non-hydrogen) atoms. The van der Waals surface area contributed by atoms with Crippen molar-refractivity contribution in [3.05, 3.63) is 54.1 Å². The van der Waals surface area contributed by atoms with Crippen molar-refractivity contribution in [2.45, 2.75) is 19.4 Å². The summed E-state index contributed by atoms with van der Waals surface area (Å²) < 4.78 is 10.2. The molecule has 0 aliphatic rings. The number of hydrogen-bond donors (Lipinski definition) is 1. The minimum absolute atomic E-state index is 0.176. The maximum absolute atomic E-state index is 11.5. The second-order valence-corrected chi connectivity index (χ2v) is 4.97. The van der Waals surface area contributed by atoms with Gasteiger partial charge in [-0.3, -0.25) is 4.79 Å². The Morgan fingerprint density at radius 1 is 1.14 bits per heavy atom. The van der Waals surface area contributed by atoms with Crippen LogP contribution in [-0.4, -0.2) is 19.7 Å². The van der Waals surface area contributed by atoms with Crippen LogP contribution in [-0.2, 0) is 9.53 Å². The fraction of sp³-hybridized carbons (Fsp3) is 0.278. The lowest BCUT2D eigenvalue weighted by Crippen LogP contribution is -2.17. The Kier molecular flexibility index (Phi) is 5.55. The normalized spacial score (nSPS) is 11.8. The number of esters is 1. The van der Waals surface area contributed by atoms with Crippen molar-refractivity contribution < 1.29 is 14.3 Å². The molecule has 1 unspecified atom stereocenters. The van der Waals surface area contributed by atoms with Crippen LogP contribution in [0.25, 0.3) is 11.1 Å². The van der Waals surface area contributed by atoms with Gasteiger partial charge in [-0.15, -0.1) is 0 Å². The van der Waals surface area contributed by atoms with E-state index in [2.05, 4.69) is 0 Å². The van der Waals surface area contributed by atoms with Gasteiger partial charge in [-0.25, -0.2) is 0 Å². The summed E-state index contributed by atoms with van der Waals surface area (Å²) in [5.41, 5.74) is 9.10. The van der Waals surface area contributed by atoms with Crippen LogP contribution in [0, 0.1) is 0 Å². The molecule has 4 heteroatoms. The van der Waals surface area contributed by atoms with Crippen LogP contribution in [0.1, 0.15) is 24.9 Å². The van der Waals surface area contributed by atoms with E-state index in [1.54, 1.807) is 14.0 Å². The van der Waals surface area contributed by atoms with Gasteiger partial charge in [0.1, 0.15) is 5.75 Å². The number of rotatable bonds is 6. The van der Waals surface area contributed by atoms with E-state index in [9.17, 15) is 4.79 Å². The van der Waals surface area contributed by atoms with Crippen LogP contribution in [0.15, 0.2) is 48.5 Å². The van der Waals surface area contributed by atoms with E-state index in [0.29, 0.717) is 6.61 Å². The van der Waals surface area contributed by atoms with Crippen LogP contribution in [0.2, 0.25) is 0 Å². The van der Waals surface area contributed by atoms with Gasteiger partial charge in [0.2, 0.25) is 0 Å². The molecule has 2 aromatic rings. The molecule has 0 radical (unpaired) electrons. The van der Waals surface area contributed by atoms with E-state index >= 15 is 0 Å². The summed E-state index contributed by atoms with van der Waals surface area (Å²) in [6.07, 6.45) is 0.176. The number of nitrogens with two attached hydrogens (primary N) is 1. The van der Waals surface area contributed by atoms with Gasteiger partial charge in [0.15, 0.2) is 0 Å². The fourth-order valence-electron chi connectivity index (χ4n) is 2.27. The van der Waals surface area contributed by atoms with Crippen molar-refractivity contribution in [2.75, 3.05) is 13.7 Å². The topological polar surface area (TPSA) is 61.5 Å². The SMILES string of the molecule is CCOC(=O)CC(N)c1cccc(-c2cccc(OC)c2)c1. The van der Waals surface area contributed by atoms with Crippen molar-refractivity contribution in [1.82, 2.24) is 0 Å². The van der Waals surface area contributed by atoms with E-state index < -0.39 is 0 Å². The van der Waals surface area contributed by atoms with Gasteiger partial charge in [0, 0.05) is 6.04 Å². The first-order chi connectivity index (χ1) is 10.6. The van der Waals surface area contributed by atoms with Gasteiger partial charge in [-0.1, -0.05) is 30.3 Å². The van der Waals surface area contributed by atoms with Crippen LogP contribution in [0.5, 0.6) is 5.75 Å². The third-order valence-corrected chi connectivity index (χ3v) is 3.41. The van der Waals surface area contributed by atoms with Crippen molar-refractivity contribution in [3.63, 3.8) is 0 Å². The second kappa shape index (κ2) is 7.61. The molecule has 0 aromatic heterocycles. The highest BCUT2D eigenvalue weighted by Gasteiger charge is 2.13. The Labute approximate surface area is 130 Å². The standard InChI is InChI=1S/C18H21NO3/c1-3-22-18(20)12-17(19)15-8-4-6-13(10-15)14-7-5-9-16(11-14)21-2/h4-11,17H,3,12,19H2,1-2H3. The predicted molar refractivity (Wildman–Crippen MR) is 86.6 cm³/mol. The van der Waals surface area contributed by atoms with Crippen molar-refractivity contribution in [2.24, 2.45) is 5.73 Å². The number of benzene rings is 2. The first-order valence-electron chi connectivity index (χ1n) is 7.29. The number of hydrogen-bond acceptors (Lipinski definition) is 4. The van der Waals surface area contributed by atoms with Gasteiger partial charge in [-0.2, -0.15) is 0 Å². The predicted octanol–water partition coefficient (Wildman–Crippen LogP) is 3.32. The Morgan fingerprint density at radius 2 is 1.82 bits per heavy atom. The van der Waals surface area contributed by atoms with Crippen molar-refractivity contribution in [3.8, 4) is 16.9 Å². The van der Waals surface area contributed by atoms with Crippen LogP contribution < -0.4 is 10.5 Å². The highest BCUT2D eigenvalue weighted by atomic mass is 16.5. The van der Waals surface area contributed by atoms with E-state index in [-0.39, 0.29) is 18.4 Å². The maximum atomic E-state index is 11.5. The summed E-state index contributed by atoms with van der Waals surface area (Å²) in [6, 6.07) is 15.3. The van der Waals surface area contributed by atoms with E-state index in [0.717, 1.165) is 22.4 Å². The molecular weight excluding hydrogens is 278 g/mol. The second-order valence-electron chi connectivity index (χ2n) is 4.97. The Hall–Kier alpha value is -2.33. The van der Waals surface area contributed by atoms with Gasteiger partial charge in [0.05, 0.1) is 20.1 Å². The number of ether oxygens (including phenoxy) is 2. The van der Waals surface area contributed by atoms with Gasteiger partial charge < -0.3 is 15.2 Å². The first kappa shape index (κ1) is 16.0. The van der Waals surface area contributed by atoms with Crippen LogP contribution >= 0.6 is 0 Å². The molecule has 2 rings (SSSR count). The summed E-state index contributed by atoms with van der Waals surface area (Å²) in [5, 5.41) is 0. The number of methoxy groups -OCH3 is 1. The molecule has 0 aliphatic heterocycles. The average Bonchev–Trinajstić information content (AvgIpc) is 2.55. The van der Waals surface area contributed by atoms with E-state index in [4.69, 9.17) is 15.2 Å². The zero-order valence-electron chi connectivity index (χ0n) is 12.9. The average molecular weight is 299 g/mol. The minimum atomic E-state index is -0.371. The summed E-state index contributed by atoms with van der Waals surface area (Å²) in [6.45, 7) is 2.15. The van der Waals surface area contributed by atoms with E-state index in [1.807, 2.05) is 48.5 Å². The van der Waals surface area contributed by atoms with E-state index in [1.165, 1.54) is 0 Å². The Bertz CT molecular complexity index is 640. The molecule has 0 saturated heterocycles. The molecule has 0 spiro atoms. The fourth-order valence-corrected chi connectivity index (χ4v) is 2.27. The maximum Gasteiger partial charge on any atom is 0.307 e. The summed E-state index contributed by atoms with van der Waals surface area (Å²) in [7, 11) is 1.64. The largest absolute Gasteiger partial charge is 0.497 e. The monoisotopic (exact) mass is 299 g/mol. The molecule has 1 atom stereocenters. The van der Waals surface area contributed by atoms with Crippen molar-refractivity contribution >= 4 is 5.97 Å². The zero-order chi connectivity index (χ0) is 15.9. The summed E-state index contributed by atoms with van der Waals surface area (Å²) >= 11 is 0. The zero-order valence-corrected chi connectivity index (χ0v) is 12.9. The Morgan fingerprint density at radius 3 is 2.50 bits per heavy atom. The highest BCUT2D eigenvalue weighted by molar-refractivity contribution is 5.71. The third kappa shape index (κ3) is 4.09. The smallest absolute Gasteiger partial charge is 0.307 e. The molecule has 4 nitrogen and oxygen atoms in total. The molecule has 2 N–H and O–H groups in total. The third-order valence-electron chi connectivity index (χ3n) is 3.41. The van der Waals surface area contributed by atoms with Gasteiger partial charge >= 0.3 is 5.97 Å². The minimum Gasteiger partial charge on any atom is -0.497 e. The lowest BCUT2D eigenvalue weighted by molar-refractivity contribution is -0.143. The van der Waals surface area contributed by atoms with Gasteiger partial charge in [0.25, 0.3) is 0 Å². The molecule has 0 aliphatic carbocycles. The first-order valence-corrected chi connectivity index (χ1v) is 7.29. The summed E-state index contributed by atoms with van der Waals surface area (Å²) in [5.74, 6) is 0.528. The Balaban J connectivity index is 2.20. The lowest BCUT2D eigenvalue weighted by atomic mass is 9.98. The van der Waals surface area contributed by atoms with Crippen molar-refractivity contribution in [1.29, 1.82) is 0 Å². The molecule has 0 bridgehead atoms. The molecule has 2 aromatic carbocycles. The molecule has 116 valence electrons. The lowest BCUT2D eigenvalue weighted by Gasteiger charge is -2.13. The van der Waals surface area contributed by atoms with Crippen LogP contribution in [0.3, 0.4) is 0 Å². The van der Waals surface area contributed by atoms with Crippen LogP contribution in [0.4, 0.5) is 0 Å². The number of carbonyl (C=O) groups is 1. The van der Waals surface area contributed by atoms with Gasteiger partial charge in [-0.05, 0) is 41.8 Å². The molecular formula is C18H21NO3. The molecule has 0 heterocycles. The quantitative estimate of drug-likeness (QED) is 0.831.